The van der Waals surface area contributed by atoms with E-state index in [-0.39, 0.29) is 12.5 Å². The Morgan fingerprint density at radius 1 is 0.960 bits per heavy atom. The topological polar surface area (TPSA) is 67.4 Å². The Hall–Kier alpha value is -2.82. The third kappa shape index (κ3) is 6.30. The average molecular weight is 340 g/mol. The molecule has 0 spiro atoms. The first-order valence-electron chi connectivity index (χ1n) is 8.39. The minimum atomic E-state index is -0.500. The van der Waals surface area contributed by atoms with Crippen molar-refractivity contribution in [2.75, 3.05) is 13.1 Å². The van der Waals surface area contributed by atoms with Gasteiger partial charge in [0.2, 0.25) is 0 Å². The first-order valence-corrected chi connectivity index (χ1v) is 8.39. The summed E-state index contributed by atoms with van der Waals surface area (Å²) in [4.78, 5) is 23.7. The van der Waals surface area contributed by atoms with Crippen LogP contribution in [0.4, 0.5) is 4.79 Å². The number of rotatable bonds is 7. The molecule has 0 saturated heterocycles. The fourth-order valence-corrected chi connectivity index (χ4v) is 2.26. The van der Waals surface area contributed by atoms with Crippen molar-refractivity contribution in [2.24, 2.45) is 0 Å². The van der Waals surface area contributed by atoms with Crippen molar-refractivity contribution in [1.29, 1.82) is 0 Å². The van der Waals surface area contributed by atoms with E-state index in [0.717, 1.165) is 11.1 Å². The smallest absolute Gasteiger partial charge is 0.407 e. The molecule has 0 saturated carbocycles. The summed E-state index contributed by atoms with van der Waals surface area (Å²) in [6.07, 6.45) is -0.500. The predicted octanol–water partition coefficient (Wildman–Crippen LogP) is 3.47. The second-order valence-corrected chi connectivity index (χ2v) is 6.02. The number of ether oxygens (including phenoxy) is 1. The molecule has 2 amide bonds. The summed E-state index contributed by atoms with van der Waals surface area (Å²) in [5.41, 5.74) is 2.67. The van der Waals surface area contributed by atoms with E-state index in [0.29, 0.717) is 24.6 Å². The lowest BCUT2D eigenvalue weighted by molar-refractivity contribution is 0.0951. The van der Waals surface area contributed by atoms with Crippen LogP contribution >= 0.6 is 0 Å². The van der Waals surface area contributed by atoms with Crippen LogP contribution in [-0.4, -0.2) is 25.1 Å². The summed E-state index contributed by atoms with van der Waals surface area (Å²) in [5.74, 6) is 0.218. The third-order valence-corrected chi connectivity index (χ3v) is 3.71. The number of nitrogens with one attached hydrogen (secondary N) is 2. The Morgan fingerprint density at radius 2 is 1.68 bits per heavy atom. The maximum absolute atomic E-state index is 12.1. The van der Waals surface area contributed by atoms with Crippen molar-refractivity contribution in [2.45, 2.75) is 26.4 Å². The van der Waals surface area contributed by atoms with E-state index < -0.39 is 6.09 Å². The SMILES string of the molecule is CC(C)c1cccc(C(=O)NCCNC(=O)OCc2ccccc2)c1. The van der Waals surface area contributed by atoms with Crippen LogP contribution in [0, 0.1) is 0 Å². The fourth-order valence-electron chi connectivity index (χ4n) is 2.26. The molecule has 5 nitrogen and oxygen atoms in total. The molecule has 0 aromatic heterocycles. The fraction of sp³-hybridized carbons (Fsp3) is 0.300. The molecule has 5 heteroatoms. The van der Waals surface area contributed by atoms with Gasteiger partial charge in [0.15, 0.2) is 0 Å². The second-order valence-electron chi connectivity index (χ2n) is 6.02. The maximum atomic E-state index is 12.1. The highest BCUT2D eigenvalue weighted by Gasteiger charge is 2.08. The number of benzene rings is 2. The van der Waals surface area contributed by atoms with Gasteiger partial charge in [-0.25, -0.2) is 4.79 Å². The summed E-state index contributed by atoms with van der Waals surface area (Å²) < 4.78 is 5.10. The largest absolute Gasteiger partial charge is 0.445 e. The van der Waals surface area contributed by atoms with Crippen LogP contribution in [0.5, 0.6) is 0 Å². The zero-order valence-corrected chi connectivity index (χ0v) is 14.6. The Bertz CT molecular complexity index is 699. The number of hydrogen-bond donors (Lipinski definition) is 2. The Balaban J connectivity index is 1.67. The number of carbonyl (C=O) groups excluding carboxylic acids is 2. The molecule has 25 heavy (non-hydrogen) atoms. The van der Waals surface area contributed by atoms with Crippen LogP contribution in [0.2, 0.25) is 0 Å². The lowest BCUT2D eigenvalue weighted by Gasteiger charge is -2.10. The zero-order valence-electron chi connectivity index (χ0n) is 14.6. The lowest BCUT2D eigenvalue weighted by atomic mass is 10.0. The predicted molar refractivity (Wildman–Crippen MR) is 97.5 cm³/mol. The molecule has 0 bridgehead atoms. The molecule has 2 aromatic rings. The molecule has 0 unspecified atom stereocenters. The minimum absolute atomic E-state index is 0.151. The Morgan fingerprint density at radius 3 is 2.40 bits per heavy atom. The zero-order chi connectivity index (χ0) is 18.1. The van der Waals surface area contributed by atoms with E-state index in [1.165, 1.54) is 0 Å². The number of hydrogen-bond acceptors (Lipinski definition) is 3. The van der Waals surface area contributed by atoms with Crippen LogP contribution in [0.15, 0.2) is 54.6 Å². The van der Waals surface area contributed by atoms with Gasteiger partial charge in [0.25, 0.3) is 5.91 Å². The summed E-state index contributed by atoms with van der Waals surface area (Å²) >= 11 is 0. The highest BCUT2D eigenvalue weighted by molar-refractivity contribution is 5.94. The van der Waals surface area contributed by atoms with Crippen LogP contribution < -0.4 is 10.6 Å². The van der Waals surface area contributed by atoms with Crippen molar-refractivity contribution >= 4 is 12.0 Å². The van der Waals surface area contributed by atoms with Gasteiger partial charge in [-0.15, -0.1) is 0 Å². The van der Waals surface area contributed by atoms with Crippen molar-refractivity contribution < 1.29 is 14.3 Å². The van der Waals surface area contributed by atoms with Gasteiger partial charge in [-0.3, -0.25) is 4.79 Å². The lowest BCUT2D eigenvalue weighted by Crippen LogP contribution is -2.34. The molecule has 2 N–H and O–H groups in total. The molecule has 0 heterocycles. The molecule has 0 fully saturated rings. The maximum Gasteiger partial charge on any atom is 0.407 e. The molecule has 0 aliphatic carbocycles. The van der Waals surface area contributed by atoms with E-state index >= 15 is 0 Å². The van der Waals surface area contributed by atoms with E-state index in [2.05, 4.69) is 24.5 Å². The molecule has 0 radical (unpaired) electrons. The summed E-state index contributed by atoms with van der Waals surface area (Å²) in [5, 5.41) is 5.40. The molecule has 2 aromatic carbocycles. The first-order chi connectivity index (χ1) is 12.1. The van der Waals surface area contributed by atoms with Crippen molar-refractivity contribution in [3.63, 3.8) is 0 Å². The van der Waals surface area contributed by atoms with Gasteiger partial charge >= 0.3 is 6.09 Å². The molecule has 2 rings (SSSR count). The second kappa shape index (κ2) is 9.47. The number of carbonyl (C=O) groups is 2. The summed E-state index contributed by atoms with van der Waals surface area (Å²) in [7, 11) is 0. The number of amides is 2. The monoisotopic (exact) mass is 340 g/mol. The molecular weight excluding hydrogens is 316 g/mol. The highest BCUT2D eigenvalue weighted by Crippen LogP contribution is 2.15. The summed E-state index contributed by atoms with van der Waals surface area (Å²) in [6.45, 7) is 5.04. The van der Waals surface area contributed by atoms with Gasteiger partial charge in [0.1, 0.15) is 6.61 Å². The normalized spacial score (nSPS) is 10.4. The van der Waals surface area contributed by atoms with Crippen LogP contribution in [-0.2, 0) is 11.3 Å². The van der Waals surface area contributed by atoms with Crippen molar-refractivity contribution in [3.05, 3.63) is 71.3 Å². The van der Waals surface area contributed by atoms with Gasteiger partial charge in [-0.1, -0.05) is 56.3 Å². The average Bonchev–Trinajstić information content (AvgIpc) is 2.64. The molecule has 0 atom stereocenters. The van der Waals surface area contributed by atoms with Crippen LogP contribution in [0.1, 0.15) is 41.3 Å². The van der Waals surface area contributed by atoms with Gasteiger partial charge in [0.05, 0.1) is 0 Å². The third-order valence-electron chi connectivity index (χ3n) is 3.71. The van der Waals surface area contributed by atoms with Gasteiger partial charge < -0.3 is 15.4 Å². The van der Waals surface area contributed by atoms with Gasteiger partial charge in [-0.05, 0) is 29.2 Å². The summed E-state index contributed by atoms with van der Waals surface area (Å²) in [6, 6.07) is 17.0. The Kier molecular flexibility index (Phi) is 7.01. The highest BCUT2D eigenvalue weighted by atomic mass is 16.5. The van der Waals surface area contributed by atoms with Gasteiger partial charge in [0, 0.05) is 18.7 Å². The molecule has 132 valence electrons. The van der Waals surface area contributed by atoms with E-state index in [9.17, 15) is 9.59 Å². The Labute approximate surface area is 148 Å². The van der Waals surface area contributed by atoms with Crippen LogP contribution in [0.25, 0.3) is 0 Å². The molecule has 0 aliphatic rings. The van der Waals surface area contributed by atoms with E-state index in [4.69, 9.17) is 4.74 Å². The van der Waals surface area contributed by atoms with E-state index in [1.54, 1.807) is 6.07 Å². The van der Waals surface area contributed by atoms with Crippen molar-refractivity contribution in [1.82, 2.24) is 10.6 Å². The van der Waals surface area contributed by atoms with Crippen LogP contribution in [0.3, 0.4) is 0 Å². The van der Waals surface area contributed by atoms with E-state index in [1.807, 2.05) is 48.5 Å². The van der Waals surface area contributed by atoms with Crippen molar-refractivity contribution in [3.8, 4) is 0 Å². The number of alkyl carbamates (subject to hydrolysis) is 1. The minimum Gasteiger partial charge on any atom is -0.445 e. The molecule has 0 aliphatic heterocycles. The standard InChI is InChI=1S/C20H24N2O3/c1-15(2)17-9-6-10-18(13-17)19(23)21-11-12-22-20(24)25-14-16-7-4-3-5-8-16/h3-10,13,15H,11-12,14H2,1-2H3,(H,21,23)(H,22,24). The quantitative estimate of drug-likeness (QED) is 0.759. The molecular formula is C20H24N2O3. The first kappa shape index (κ1) is 18.5. The van der Waals surface area contributed by atoms with Gasteiger partial charge in [-0.2, -0.15) is 0 Å².